The molecule has 0 spiro atoms. The highest BCUT2D eigenvalue weighted by molar-refractivity contribution is 5.88. The van der Waals surface area contributed by atoms with Crippen LogP contribution in [0.15, 0.2) is 53.2 Å². The number of fused-ring (bicyclic) bond motifs is 1. The summed E-state index contributed by atoms with van der Waals surface area (Å²) in [5.41, 5.74) is 2.26. The Hall–Kier alpha value is -3.52. The summed E-state index contributed by atoms with van der Waals surface area (Å²) < 4.78 is 7.10. The molecular weight excluding hydrogens is 370 g/mol. The molecule has 1 saturated heterocycles. The van der Waals surface area contributed by atoms with Crippen LogP contribution in [0.4, 0.5) is 0 Å². The maximum Gasteiger partial charge on any atom is 0.262 e. The van der Waals surface area contributed by atoms with Crippen LogP contribution in [0.25, 0.3) is 33.5 Å². The summed E-state index contributed by atoms with van der Waals surface area (Å²) in [6, 6.07) is 13.3. The summed E-state index contributed by atoms with van der Waals surface area (Å²) in [5.74, 6) is -0.204. The molecule has 0 aliphatic carbocycles. The van der Waals surface area contributed by atoms with Crippen molar-refractivity contribution in [3.63, 3.8) is 0 Å². The average Bonchev–Trinajstić information content (AvgIpc) is 3.44. The van der Waals surface area contributed by atoms with Crippen molar-refractivity contribution in [3.05, 3.63) is 54.4 Å². The van der Waals surface area contributed by atoms with Crippen molar-refractivity contribution >= 4 is 16.9 Å². The SMILES string of the molecule is CN1CCC(O)(c2cc(-c3cccc(-c4ccc5cnn(C)c5n4)c3)no2)C1=O. The predicted molar refractivity (Wildman–Crippen MR) is 106 cm³/mol. The molecule has 0 radical (unpaired) electrons. The minimum atomic E-state index is -1.65. The summed E-state index contributed by atoms with van der Waals surface area (Å²) in [4.78, 5) is 18.5. The highest BCUT2D eigenvalue weighted by atomic mass is 16.5. The molecule has 8 nitrogen and oxygen atoms in total. The Morgan fingerprint density at radius 3 is 2.66 bits per heavy atom. The van der Waals surface area contributed by atoms with Gasteiger partial charge in [-0.05, 0) is 18.2 Å². The molecule has 1 aliphatic rings. The fourth-order valence-corrected chi connectivity index (χ4v) is 3.71. The standard InChI is InChI=1S/C21H19N5O3/c1-25-9-8-21(28,20(25)27)18-11-17(24-29-18)14-5-3-4-13(10-14)16-7-6-15-12-22-26(2)19(15)23-16/h3-7,10-12,28H,8-9H2,1-2H3. The molecule has 3 aromatic heterocycles. The molecule has 1 aromatic carbocycles. The molecule has 1 N–H and O–H groups in total. The highest BCUT2D eigenvalue weighted by Crippen LogP contribution is 2.35. The summed E-state index contributed by atoms with van der Waals surface area (Å²) >= 11 is 0. The summed E-state index contributed by atoms with van der Waals surface area (Å²) in [7, 11) is 3.52. The van der Waals surface area contributed by atoms with Gasteiger partial charge in [0.1, 0.15) is 5.69 Å². The first kappa shape index (κ1) is 17.6. The average molecular weight is 389 g/mol. The van der Waals surface area contributed by atoms with E-state index >= 15 is 0 Å². The number of hydrogen-bond donors (Lipinski definition) is 1. The summed E-state index contributed by atoms with van der Waals surface area (Å²) in [6.45, 7) is 0.475. The van der Waals surface area contributed by atoms with Gasteiger partial charge in [-0.1, -0.05) is 23.4 Å². The summed E-state index contributed by atoms with van der Waals surface area (Å²) in [5, 5.41) is 20.1. The van der Waals surface area contributed by atoms with E-state index in [1.807, 2.05) is 43.4 Å². The van der Waals surface area contributed by atoms with Gasteiger partial charge in [-0.15, -0.1) is 0 Å². The Labute approximate surface area is 166 Å². The number of pyridine rings is 1. The van der Waals surface area contributed by atoms with Crippen LogP contribution < -0.4 is 0 Å². The topological polar surface area (TPSA) is 97.3 Å². The van der Waals surface area contributed by atoms with E-state index < -0.39 is 5.60 Å². The molecule has 0 bridgehead atoms. The quantitative estimate of drug-likeness (QED) is 0.578. The zero-order valence-corrected chi connectivity index (χ0v) is 16.0. The predicted octanol–water partition coefficient (Wildman–Crippen LogP) is 2.34. The van der Waals surface area contributed by atoms with Crippen LogP contribution >= 0.6 is 0 Å². The van der Waals surface area contributed by atoms with Crippen molar-refractivity contribution in [2.75, 3.05) is 13.6 Å². The first-order chi connectivity index (χ1) is 14.0. The number of carbonyl (C=O) groups excluding carboxylic acids is 1. The first-order valence-corrected chi connectivity index (χ1v) is 9.30. The van der Waals surface area contributed by atoms with Crippen LogP contribution in [0.1, 0.15) is 12.2 Å². The van der Waals surface area contributed by atoms with Crippen molar-refractivity contribution in [2.24, 2.45) is 7.05 Å². The van der Waals surface area contributed by atoms with Crippen molar-refractivity contribution < 1.29 is 14.4 Å². The Morgan fingerprint density at radius 1 is 1.10 bits per heavy atom. The molecule has 1 aliphatic heterocycles. The van der Waals surface area contributed by atoms with Crippen LogP contribution in [0.3, 0.4) is 0 Å². The van der Waals surface area contributed by atoms with Gasteiger partial charge < -0.3 is 14.5 Å². The van der Waals surface area contributed by atoms with E-state index in [9.17, 15) is 9.90 Å². The molecule has 29 heavy (non-hydrogen) atoms. The molecule has 4 heterocycles. The second kappa shape index (κ2) is 6.25. The largest absolute Gasteiger partial charge is 0.373 e. The number of aromatic nitrogens is 4. The third-order valence-corrected chi connectivity index (χ3v) is 5.46. The number of carbonyl (C=O) groups is 1. The van der Waals surface area contributed by atoms with Crippen LogP contribution in [-0.2, 0) is 17.4 Å². The maximum atomic E-state index is 12.3. The van der Waals surface area contributed by atoms with E-state index in [4.69, 9.17) is 9.51 Å². The van der Waals surface area contributed by atoms with Crippen molar-refractivity contribution in [1.29, 1.82) is 0 Å². The lowest BCUT2D eigenvalue weighted by Crippen LogP contribution is -2.35. The number of benzene rings is 1. The van der Waals surface area contributed by atoms with Crippen LogP contribution in [0.2, 0.25) is 0 Å². The third-order valence-electron chi connectivity index (χ3n) is 5.46. The molecule has 5 rings (SSSR count). The summed E-state index contributed by atoms with van der Waals surface area (Å²) in [6.07, 6.45) is 2.07. The van der Waals surface area contributed by atoms with Crippen molar-refractivity contribution in [2.45, 2.75) is 12.0 Å². The van der Waals surface area contributed by atoms with Gasteiger partial charge in [0.25, 0.3) is 5.91 Å². The minimum Gasteiger partial charge on any atom is -0.373 e. The molecule has 4 aromatic rings. The van der Waals surface area contributed by atoms with Crippen molar-refractivity contribution in [3.8, 4) is 22.5 Å². The monoisotopic (exact) mass is 389 g/mol. The lowest BCUT2D eigenvalue weighted by molar-refractivity contribution is -0.144. The molecule has 0 saturated carbocycles. The highest BCUT2D eigenvalue weighted by Gasteiger charge is 2.48. The van der Waals surface area contributed by atoms with E-state index in [-0.39, 0.29) is 18.1 Å². The number of aryl methyl sites for hydroxylation is 1. The fraction of sp³-hybridized carbons (Fsp3) is 0.238. The van der Waals surface area contributed by atoms with Crippen molar-refractivity contribution in [1.82, 2.24) is 24.8 Å². The molecule has 1 fully saturated rings. The smallest absolute Gasteiger partial charge is 0.262 e. The number of likely N-dealkylation sites (N-methyl/N-ethyl adjacent to an activating group) is 1. The molecule has 1 unspecified atom stereocenters. The Kier molecular flexibility index (Phi) is 3.78. The van der Waals surface area contributed by atoms with E-state index in [2.05, 4.69) is 10.3 Å². The Bertz CT molecular complexity index is 1240. The van der Waals surface area contributed by atoms with Crippen LogP contribution in [-0.4, -0.2) is 49.4 Å². The molecular formula is C21H19N5O3. The lowest BCUT2D eigenvalue weighted by atomic mass is 9.97. The number of likely N-dealkylation sites (tertiary alicyclic amines) is 1. The number of nitrogens with zero attached hydrogens (tertiary/aromatic N) is 5. The fourth-order valence-electron chi connectivity index (χ4n) is 3.71. The zero-order chi connectivity index (χ0) is 20.2. The zero-order valence-electron chi connectivity index (χ0n) is 16.0. The van der Waals surface area contributed by atoms with Gasteiger partial charge in [-0.2, -0.15) is 5.10 Å². The maximum absolute atomic E-state index is 12.3. The minimum absolute atomic E-state index is 0.168. The lowest BCUT2D eigenvalue weighted by Gasteiger charge is -2.16. The molecule has 1 amide bonds. The second-order valence-corrected chi connectivity index (χ2v) is 7.37. The number of hydrogen-bond acceptors (Lipinski definition) is 6. The van der Waals surface area contributed by atoms with Gasteiger partial charge in [-0.25, -0.2) is 4.98 Å². The Morgan fingerprint density at radius 2 is 1.90 bits per heavy atom. The van der Waals surface area contributed by atoms with Crippen LogP contribution in [0, 0.1) is 0 Å². The van der Waals surface area contributed by atoms with E-state index in [1.54, 1.807) is 24.0 Å². The van der Waals surface area contributed by atoms with Crippen LogP contribution in [0.5, 0.6) is 0 Å². The number of rotatable bonds is 3. The Balaban J connectivity index is 1.51. The molecule has 1 atom stereocenters. The van der Waals surface area contributed by atoms with Gasteiger partial charge in [0.05, 0.1) is 11.9 Å². The van der Waals surface area contributed by atoms with Gasteiger partial charge in [0, 0.05) is 49.6 Å². The van der Waals surface area contributed by atoms with E-state index in [0.29, 0.717) is 12.2 Å². The van der Waals surface area contributed by atoms with E-state index in [0.717, 1.165) is 27.9 Å². The number of amides is 1. The third kappa shape index (κ3) is 2.72. The van der Waals surface area contributed by atoms with Gasteiger partial charge in [0.2, 0.25) is 5.60 Å². The van der Waals surface area contributed by atoms with E-state index in [1.165, 1.54) is 4.90 Å². The normalized spacial score (nSPS) is 19.4. The molecule has 8 heteroatoms. The van der Waals surface area contributed by atoms with Gasteiger partial charge in [-0.3, -0.25) is 9.48 Å². The molecule has 146 valence electrons. The van der Waals surface area contributed by atoms with Gasteiger partial charge in [0.15, 0.2) is 11.4 Å². The first-order valence-electron chi connectivity index (χ1n) is 9.30. The number of aliphatic hydroxyl groups is 1. The second-order valence-electron chi connectivity index (χ2n) is 7.37. The van der Waals surface area contributed by atoms with Gasteiger partial charge >= 0.3 is 0 Å².